The van der Waals surface area contributed by atoms with E-state index in [0.29, 0.717) is 6.02 Å². The number of amidine groups is 1. The van der Waals surface area contributed by atoms with Crippen molar-refractivity contribution in [1.29, 1.82) is 0 Å². The molecule has 0 bridgehead atoms. The van der Waals surface area contributed by atoms with Gasteiger partial charge in [0.1, 0.15) is 11.6 Å². The molecule has 0 unspecified atom stereocenters. The molecule has 3 nitrogen and oxygen atoms in total. The number of hydrogen-bond donors (Lipinski definition) is 1. The minimum absolute atomic E-state index is 0.0784. The van der Waals surface area contributed by atoms with Crippen molar-refractivity contribution in [2.75, 3.05) is 0 Å². The predicted molar refractivity (Wildman–Crippen MR) is 71.1 cm³/mol. The molecule has 0 saturated heterocycles. The van der Waals surface area contributed by atoms with E-state index in [4.69, 9.17) is 10.5 Å². The molecule has 1 aromatic rings. The Morgan fingerprint density at radius 1 is 1.47 bits per heavy atom. The molecule has 3 rings (SSSR count). The molecule has 2 N–H and O–H groups in total. The normalized spacial score (nSPS) is 30.9. The van der Waals surface area contributed by atoms with E-state index in [1.165, 1.54) is 11.1 Å². The standard InChI is InChI=1S/C13H15BrN2O/c1-8-13(16-12(15)17-8)5-4-9-2-3-11(14)6-10(9)7-13/h2-3,6,8H,4-5,7H2,1H3,(H2,15,16)/t8-,13-/m1/s1. The second-order valence-corrected chi connectivity index (χ2v) is 5.82. The molecule has 2 atom stereocenters. The molecule has 1 aliphatic heterocycles. The van der Waals surface area contributed by atoms with Crippen molar-refractivity contribution in [1.82, 2.24) is 0 Å². The van der Waals surface area contributed by atoms with Crippen LogP contribution in [0.4, 0.5) is 0 Å². The Balaban J connectivity index is 1.99. The number of halogens is 1. The van der Waals surface area contributed by atoms with E-state index in [1.54, 1.807) is 0 Å². The van der Waals surface area contributed by atoms with Crippen LogP contribution in [0.15, 0.2) is 27.7 Å². The van der Waals surface area contributed by atoms with Gasteiger partial charge in [-0.2, -0.15) is 0 Å². The fourth-order valence-corrected chi connectivity index (χ4v) is 3.25. The fraction of sp³-hybridized carbons (Fsp3) is 0.462. The lowest BCUT2D eigenvalue weighted by molar-refractivity contribution is 0.140. The highest BCUT2D eigenvalue weighted by Crippen LogP contribution is 2.39. The van der Waals surface area contributed by atoms with Gasteiger partial charge in [0.2, 0.25) is 0 Å². The molecule has 1 heterocycles. The summed E-state index contributed by atoms with van der Waals surface area (Å²) in [5.41, 5.74) is 8.34. The summed E-state index contributed by atoms with van der Waals surface area (Å²) in [6.45, 7) is 2.06. The van der Waals surface area contributed by atoms with E-state index in [2.05, 4.69) is 46.0 Å². The third-order valence-corrected chi connectivity index (χ3v) is 4.37. The van der Waals surface area contributed by atoms with Crippen molar-refractivity contribution in [3.05, 3.63) is 33.8 Å². The van der Waals surface area contributed by atoms with Gasteiger partial charge in [0, 0.05) is 10.9 Å². The summed E-state index contributed by atoms with van der Waals surface area (Å²) in [5.74, 6) is 0. The second kappa shape index (κ2) is 3.73. The van der Waals surface area contributed by atoms with Crippen LogP contribution in [-0.4, -0.2) is 17.7 Å². The van der Waals surface area contributed by atoms with E-state index in [1.807, 2.05) is 0 Å². The van der Waals surface area contributed by atoms with Crippen LogP contribution < -0.4 is 5.73 Å². The Morgan fingerprint density at radius 2 is 2.29 bits per heavy atom. The molecule has 1 spiro atoms. The van der Waals surface area contributed by atoms with Crippen molar-refractivity contribution in [2.24, 2.45) is 10.7 Å². The van der Waals surface area contributed by atoms with Crippen molar-refractivity contribution >= 4 is 22.0 Å². The van der Waals surface area contributed by atoms with Gasteiger partial charge in [-0.05, 0) is 43.0 Å². The first-order valence-corrected chi connectivity index (χ1v) is 6.68. The topological polar surface area (TPSA) is 47.6 Å². The molecule has 0 saturated carbocycles. The van der Waals surface area contributed by atoms with Crippen molar-refractivity contribution in [2.45, 2.75) is 37.8 Å². The first-order chi connectivity index (χ1) is 8.09. The van der Waals surface area contributed by atoms with Gasteiger partial charge in [-0.1, -0.05) is 22.0 Å². The van der Waals surface area contributed by atoms with Gasteiger partial charge in [0.25, 0.3) is 6.02 Å². The van der Waals surface area contributed by atoms with Crippen molar-refractivity contribution in [3.8, 4) is 0 Å². The van der Waals surface area contributed by atoms with Gasteiger partial charge < -0.3 is 10.5 Å². The molecule has 0 fully saturated rings. The summed E-state index contributed by atoms with van der Waals surface area (Å²) < 4.78 is 6.64. The highest BCUT2D eigenvalue weighted by Gasteiger charge is 2.45. The number of aryl methyl sites for hydroxylation is 1. The molecule has 0 radical (unpaired) electrons. The molecule has 4 heteroatoms. The van der Waals surface area contributed by atoms with E-state index in [0.717, 1.165) is 23.7 Å². The van der Waals surface area contributed by atoms with Gasteiger partial charge in [-0.25, -0.2) is 4.99 Å². The monoisotopic (exact) mass is 294 g/mol. The highest BCUT2D eigenvalue weighted by atomic mass is 79.9. The number of aliphatic imine (C=N–C) groups is 1. The van der Waals surface area contributed by atoms with Crippen molar-refractivity contribution in [3.63, 3.8) is 0 Å². The Kier molecular flexibility index (Phi) is 2.43. The Hall–Kier alpha value is -1.03. The maximum absolute atomic E-state index is 5.70. The van der Waals surface area contributed by atoms with E-state index in [9.17, 15) is 0 Å². The van der Waals surface area contributed by atoms with E-state index in [-0.39, 0.29) is 11.6 Å². The fourth-order valence-electron chi connectivity index (χ4n) is 2.84. The number of benzene rings is 1. The summed E-state index contributed by atoms with van der Waals surface area (Å²) in [6.07, 6.45) is 3.06. The van der Waals surface area contributed by atoms with Gasteiger partial charge in [-0.15, -0.1) is 0 Å². The van der Waals surface area contributed by atoms with Crippen LogP contribution >= 0.6 is 15.9 Å². The summed E-state index contributed by atoms with van der Waals surface area (Å²) >= 11 is 3.52. The minimum Gasteiger partial charge on any atom is -0.460 e. The highest BCUT2D eigenvalue weighted by molar-refractivity contribution is 9.10. The van der Waals surface area contributed by atoms with Gasteiger partial charge >= 0.3 is 0 Å². The summed E-state index contributed by atoms with van der Waals surface area (Å²) in [7, 11) is 0. The van der Waals surface area contributed by atoms with Crippen LogP contribution in [0, 0.1) is 0 Å². The number of hydrogen-bond acceptors (Lipinski definition) is 3. The molecule has 1 aliphatic carbocycles. The first kappa shape index (κ1) is 11.1. The summed E-state index contributed by atoms with van der Waals surface area (Å²) in [4.78, 5) is 4.55. The molecule has 2 aliphatic rings. The maximum atomic E-state index is 5.70. The van der Waals surface area contributed by atoms with Crippen LogP contribution in [-0.2, 0) is 17.6 Å². The van der Waals surface area contributed by atoms with Crippen molar-refractivity contribution < 1.29 is 4.74 Å². The molecular weight excluding hydrogens is 280 g/mol. The first-order valence-electron chi connectivity index (χ1n) is 5.88. The van der Waals surface area contributed by atoms with Crippen LogP contribution in [0.2, 0.25) is 0 Å². The average Bonchev–Trinajstić information content (AvgIpc) is 2.53. The van der Waals surface area contributed by atoms with Crippen LogP contribution in [0.3, 0.4) is 0 Å². The van der Waals surface area contributed by atoms with Crippen LogP contribution in [0.5, 0.6) is 0 Å². The van der Waals surface area contributed by atoms with E-state index >= 15 is 0 Å². The zero-order chi connectivity index (χ0) is 12.0. The molecule has 0 aromatic heterocycles. The number of rotatable bonds is 0. The van der Waals surface area contributed by atoms with Crippen LogP contribution in [0.1, 0.15) is 24.5 Å². The number of ether oxygens (including phenoxy) is 1. The minimum atomic E-state index is -0.141. The summed E-state index contributed by atoms with van der Waals surface area (Å²) in [6, 6.07) is 6.83. The number of nitrogens with zero attached hydrogens (tertiary/aromatic N) is 1. The van der Waals surface area contributed by atoms with E-state index < -0.39 is 0 Å². The quantitative estimate of drug-likeness (QED) is 0.799. The Labute approximate surface area is 109 Å². The SMILES string of the molecule is C[C@H]1OC(N)=N[C@@]12CCc1ccc(Br)cc1C2. The zero-order valence-electron chi connectivity index (χ0n) is 9.74. The third-order valence-electron chi connectivity index (χ3n) is 3.88. The predicted octanol–water partition coefficient (Wildman–Crippen LogP) is 2.41. The number of fused-ring (bicyclic) bond motifs is 1. The van der Waals surface area contributed by atoms with Crippen LogP contribution in [0.25, 0.3) is 0 Å². The third kappa shape index (κ3) is 1.75. The largest absolute Gasteiger partial charge is 0.460 e. The summed E-state index contributed by atoms with van der Waals surface area (Å²) in [5, 5.41) is 0. The maximum Gasteiger partial charge on any atom is 0.282 e. The van der Waals surface area contributed by atoms with Gasteiger partial charge in [0.05, 0.1) is 0 Å². The molecule has 1 aromatic carbocycles. The molecule has 17 heavy (non-hydrogen) atoms. The average molecular weight is 295 g/mol. The Morgan fingerprint density at radius 3 is 3.00 bits per heavy atom. The molecule has 90 valence electrons. The zero-order valence-corrected chi connectivity index (χ0v) is 11.3. The molecule has 0 amide bonds. The lowest BCUT2D eigenvalue weighted by Crippen LogP contribution is -2.41. The smallest absolute Gasteiger partial charge is 0.282 e. The number of nitrogens with two attached hydrogens (primary N) is 1. The lowest BCUT2D eigenvalue weighted by atomic mass is 9.76. The lowest BCUT2D eigenvalue weighted by Gasteiger charge is -2.34. The Bertz CT molecular complexity index is 500. The van der Waals surface area contributed by atoms with Gasteiger partial charge in [0.15, 0.2) is 0 Å². The molecular formula is C13H15BrN2O. The second-order valence-electron chi connectivity index (χ2n) is 4.90. The van der Waals surface area contributed by atoms with Gasteiger partial charge in [-0.3, -0.25) is 0 Å².